The van der Waals surface area contributed by atoms with Crippen LogP contribution in [0, 0.1) is 11.3 Å². The van der Waals surface area contributed by atoms with Crippen molar-refractivity contribution in [2.45, 2.75) is 0 Å². The van der Waals surface area contributed by atoms with E-state index in [9.17, 15) is 4.79 Å². The summed E-state index contributed by atoms with van der Waals surface area (Å²) in [5, 5.41) is 24.7. The maximum absolute atomic E-state index is 12.1. The van der Waals surface area contributed by atoms with Crippen molar-refractivity contribution in [2.24, 2.45) is 10.2 Å². The van der Waals surface area contributed by atoms with Crippen molar-refractivity contribution < 1.29 is 0 Å². The summed E-state index contributed by atoms with van der Waals surface area (Å²) in [6.45, 7) is 0. The lowest BCUT2D eigenvalue weighted by Gasteiger charge is -2.02. The molecule has 0 spiro atoms. The van der Waals surface area contributed by atoms with E-state index in [1.807, 2.05) is 48.5 Å². The zero-order valence-corrected chi connectivity index (χ0v) is 13.6. The average Bonchev–Trinajstić information content (AvgIpc) is 3.07. The molecular formula is C20H13N5O. The second-order valence-corrected chi connectivity index (χ2v) is 5.72. The first-order valence-corrected chi connectivity index (χ1v) is 7.96. The third-order valence-electron chi connectivity index (χ3n) is 4.05. The van der Waals surface area contributed by atoms with Crippen molar-refractivity contribution in [1.82, 2.24) is 10.2 Å². The Bertz CT molecular complexity index is 1210. The van der Waals surface area contributed by atoms with Gasteiger partial charge in [-0.3, -0.25) is 15.0 Å². The molecule has 0 atom stereocenters. The number of nitrogens with zero attached hydrogens (tertiary/aromatic N) is 3. The predicted molar refractivity (Wildman–Crippen MR) is 99.7 cm³/mol. The molecule has 0 aliphatic carbocycles. The van der Waals surface area contributed by atoms with Crippen LogP contribution in [0.1, 0.15) is 5.56 Å². The molecule has 6 heteroatoms. The predicted octanol–water partition coefficient (Wildman–Crippen LogP) is 4.81. The van der Waals surface area contributed by atoms with Gasteiger partial charge in [0.2, 0.25) is 0 Å². The molecule has 0 unspecified atom stereocenters. The summed E-state index contributed by atoms with van der Waals surface area (Å²) in [6, 6.07) is 22.6. The molecule has 1 heterocycles. The van der Waals surface area contributed by atoms with Gasteiger partial charge in [-0.25, -0.2) is 0 Å². The summed E-state index contributed by atoms with van der Waals surface area (Å²) >= 11 is 0. The van der Waals surface area contributed by atoms with E-state index in [2.05, 4.69) is 20.4 Å². The number of hydrogen-bond donors (Lipinski definition) is 2. The molecule has 0 saturated carbocycles. The Morgan fingerprint density at radius 2 is 1.62 bits per heavy atom. The summed E-state index contributed by atoms with van der Waals surface area (Å²) < 4.78 is 0. The number of aromatic nitrogens is 2. The Morgan fingerprint density at radius 3 is 2.38 bits per heavy atom. The van der Waals surface area contributed by atoms with Crippen LogP contribution in [0.4, 0.5) is 11.4 Å². The van der Waals surface area contributed by atoms with E-state index in [-0.39, 0.29) is 11.2 Å². The van der Waals surface area contributed by atoms with Gasteiger partial charge in [0, 0.05) is 5.56 Å². The van der Waals surface area contributed by atoms with Crippen LogP contribution in [0.5, 0.6) is 0 Å². The van der Waals surface area contributed by atoms with Crippen molar-refractivity contribution >= 4 is 22.1 Å². The average molecular weight is 339 g/mol. The van der Waals surface area contributed by atoms with E-state index in [0.717, 1.165) is 16.3 Å². The highest BCUT2D eigenvalue weighted by molar-refractivity contribution is 5.88. The number of azo groups is 1. The quantitative estimate of drug-likeness (QED) is 0.524. The fourth-order valence-corrected chi connectivity index (χ4v) is 2.71. The van der Waals surface area contributed by atoms with E-state index in [4.69, 9.17) is 5.26 Å². The summed E-state index contributed by atoms with van der Waals surface area (Å²) in [4.78, 5) is 12.1. The highest BCUT2D eigenvalue weighted by Crippen LogP contribution is 2.29. The number of H-pyrrole nitrogens is 2. The van der Waals surface area contributed by atoms with Crippen molar-refractivity contribution in [2.75, 3.05) is 0 Å². The lowest BCUT2D eigenvalue weighted by atomic mass is 10.0. The Labute approximate surface area is 148 Å². The summed E-state index contributed by atoms with van der Waals surface area (Å²) in [7, 11) is 0. The van der Waals surface area contributed by atoms with Gasteiger partial charge >= 0.3 is 0 Å². The van der Waals surface area contributed by atoms with Gasteiger partial charge in [-0.1, -0.05) is 36.4 Å². The first kappa shape index (κ1) is 15.5. The molecule has 2 N–H and O–H groups in total. The van der Waals surface area contributed by atoms with Crippen molar-refractivity contribution in [3.63, 3.8) is 0 Å². The van der Waals surface area contributed by atoms with Gasteiger partial charge in [0.1, 0.15) is 0 Å². The molecule has 26 heavy (non-hydrogen) atoms. The SMILES string of the molecule is N#Cc1ccc(N=Nc2c(-c3ccc4ccccc4c3)[nH][nH]c2=O)cc1. The van der Waals surface area contributed by atoms with Crippen LogP contribution >= 0.6 is 0 Å². The van der Waals surface area contributed by atoms with E-state index >= 15 is 0 Å². The first-order chi connectivity index (χ1) is 12.7. The van der Waals surface area contributed by atoms with Gasteiger partial charge in [0.25, 0.3) is 5.56 Å². The van der Waals surface area contributed by atoms with Gasteiger partial charge in [-0.2, -0.15) is 10.4 Å². The largest absolute Gasteiger partial charge is 0.295 e. The fourth-order valence-electron chi connectivity index (χ4n) is 2.71. The van der Waals surface area contributed by atoms with Crippen molar-refractivity contribution in [3.05, 3.63) is 82.6 Å². The second-order valence-electron chi connectivity index (χ2n) is 5.72. The molecule has 124 valence electrons. The molecular weight excluding hydrogens is 326 g/mol. The number of benzene rings is 3. The molecule has 0 amide bonds. The zero-order valence-electron chi connectivity index (χ0n) is 13.6. The molecule has 4 aromatic rings. The van der Waals surface area contributed by atoms with Crippen LogP contribution in [0.25, 0.3) is 22.0 Å². The minimum atomic E-state index is -0.342. The third kappa shape index (κ3) is 2.89. The molecule has 4 rings (SSSR count). The van der Waals surface area contributed by atoms with Gasteiger partial charge < -0.3 is 0 Å². The van der Waals surface area contributed by atoms with Crippen LogP contribution in [-0.2, 0) is 0 Å². The minimum absolute atomic E-state index is 0.213. The summed E-state index contributed by atoms with van der Waals surface area (Å²) in [5.74, 6) is 0. The van der Waals surface area contributed by atoms with E-state index in [0.29, 0.717) is 16.9 Å². The van der Waals surface area contributed by atoms with Gasteiger partial charge in [-0.05, 0) is 41.1 Å². The number of fused-ring (bicyclic) bond motifs is 1. The maximum Gasteiger partial charge on any atom is 0.292 e. The second kappa shape index (κ2) is 6.49. The topological polar surface area (TPSA) is 97.2 Å². The molecule has 0 fully saturated rings. The van der Waals surface area contributed by atoms with Crippen molar-refractivity contribution in [3.8, 4) is 17.3 Å². The molecule has 0 radical (unpaired) electrons. The lowest BCUT2D eigenvalue weighted by molar-refractivity contribution is 1.06. The molecule has 0 aliphatic rings. The van der Waals surface area contributed by atoms with Crippen molar-refractivity contribution in [1.29, 1.82) is 5.26 Å². The standard InChI is InChI=1S/C20H13N5O/c21-12-13-5-9-17(10-6-13)22-24-19-18(23-25-20(19)26)16-8-7-14-3-1-2-4-15(14)11-16/h1-11H,(H2,23,25,26). The van der Waals surface area contributed by atoms with E-state index in [1.165, 1.54) is 0 Å². The Morgan fingerprint density at radius 1 is 0.846 bits per heavy atom. The van der Waals surface area contributed by atoms with Gasteiger partial charge in [0.15, 0.2) is 5.69 Å². The fraction of sp³-hybridized carbons (Fsp3) is 0. The Balaban J connectivity index is 1.73. The smallest absolute Gasteiger partial charge is 0.292 e. The summed E-state index contributed by atoms with van der Waals surface area (Å²) in [5.41, 5.74) is 2.40. The molecule has 6 nitrogen and oxygen atoms in total. The molecule has 1 aromatic heterocycles. The van der Waals surface area contributed by atoms with Crippen LogP contribution < -0.4 is 5.56 Å². The molecule has 0 saturated heterocycles. The van der Waals surface area contributed by atoms with E-state index < -0.39 is 0 Å². The third-order valence-corrected chi connectivity index (χ3v) is 4.05. The van der Waals surface area contributed by atoms with Gasteiger partial charge in [0.05, 0.1) is 23.0 Å². The zero-order chi connectivity index (χ0) is 17.9. The minimum Gasteiger partial charge on any atom is -0.295 e. The van der Waals surface area contributed by atoms with Gasteiger partial charge in [-0.15, -0.1) is 5.11 Å². The van der Waals surface area contributed by atoms with Crippen LogP contribution in [0.2, 0.25) is 0 Å². The number of rotatable bonds is 3. The monoisotopic (exact) mass is 339 g/mol. The van der Waals surface area contributed by atoms with E-state index in [1.54, 1.807) is 24.3 Å². The molecule has 0 bridgehead atoms. The van der Waals surface area contributed by atoms with Crippen LogP contribution in [-0.4, -0.2) is 10.2 Å². The molecule has 3 aromatic carbocycles. The summed E-state index contributed by atoms with van der Waals surface area (Å²) in [6.07, 6.45) is 0. The Hall–Kier alpha value is -3.98. The number of nitriles is 1. The Kier molecular flexibility index (Phi) is 3.88. The number of hydrogen-bond acceptors (Lipinski definition) is 4. The highest BCUT2D eigenvalue weighted by atomic mass is 16.1. The van der Waals surface area contributed by atoms with Crippen LogP contribution in [0.15, 0.2) is 81.8 Å². The maximum atomic E-state index is 12.1. The number of aromatic amines is 2. The number of nitrogens with one attached hydrogen (secondary N) is 2. The normalized spacial score (nSPS) is 11.0. The van der Waals surface area contributed by atoms with Crippen LogP contribution in [0.3, 0.4) is 0 Å². The molecule has 0 aliphatic heterocycles. The lowest BCUT2D eigenvalue weighted by Crippen LogP contribution is -1.96. The first-order valence-electron chi connectivity index (χ1n) is 7.96. The highest BCUT2D eigenvalue weighted by Gasteiger charge is 2.12.